The molecule has 0 saturated heterocycles. The molecule has 0 aliphatic rings. The van der Waals surface area contributed by atoms with Crippen molar-refractivity contribution in [1.82, 2.24) is 9.78 Å². The minimum atomic E-state index is -0.322. The largest absolute Gasteiger partial charge is 0.457 e. The summed E-state index contributed by atoms with van der Waals surface area (Å²) in [6.07, 6.45) is 1.92. The van der Waals surface area contributed by atoms with E-state index in [1.54, 1.807) is 6.07 Å². The van der Waals surface area contributed by atoms with Gasteiger partial charge in [-0.3, -0.25) is 0 Å². The summed E-state index contributed by atoms with van der Waals surface area (Å²) in [6.45, 7) is 4.08. The van der Waals surface area contributed by atoms with Crippen LogP contribution in [0.2, 0.25) is 0 Å². The first-order valence-corrected chi connectivity index (χ1v) is 9.56. The number of hydrogen-bond acceptors (Lipinski definition) is 3. The fourth-order valence-corrected chi connectivity index (χ4v) is 3.26. The molecule has 4 heteroatoms. The quantitative estimate of drug-likeness (QED) is 0.427. The summed E-state index contributed by atoms with van der Waals surface area (Å²) in [7, 11) is 0. The number of benzene rings is 3. The molecule has 4 aromatic rings. The average molecular weight is 382 g/mol. The van der Waals surface area contributed by atoms with E-state index in [2.05, 4.69) is 0 Å². The highest BCUT2D eigenvalue weighted by atomic mass is 16.5. The summed E-state index contributed by atoms with van der Waals surface area (Å²) >= 11 is 0. The first-order valence-electron chi connectivity index (χ1n) is 9.56. The van der Waals surface area contributed by atoms with Gasteiger partial charge in [0.1, 0.15) is 6.61 Å². The van der Waals surface area contributed by atoms with Crippen LogP contribution < -0.4 is 0 Å². The highest BCUT2D eigenvalue weighted by Gasteiger charge is 2.16. The van der Waals surface area contributed by atoms with E-state index in [1.165, 1.54) is 0 Å². The second kappa shape index (κ2) is 8.15. The topological polar surface area (TPSA) is 44.1 Å². The van der Waals surface area contributed by atoms with Crippen molar-refractivity contribution in [3.63, 3.8) is 0 Å². The Morgan fingerprint density at radius 2 is 1.59 bits per heavy atom. The van der Waals surface area contributed by atoms with Crippen molar-refractivity contribution in [2.75, 3.05) is 0 Å². The smallest absolute Gasteiger partial charge is 0.338 e. The van der Waals surface area contributed by atoms with Crippen molar-refractivity contribution in [3.05, 3.63) is 107 Å². The van der Waals surface area contributed by atoms with E-state index in [4.69, 9.17) is 9.84 Å². The fraction of sp³-hybridized carbons (Fsp3) is 0.120. The number of carbonyl (C=O) groups is 1. The third-order valence-electron chi connectivity index (χ3n) is 5.04. The molecule has 0 radical (unpaired) electrons. The van der Waals surface area contributed by atoms with Crippen LogP contribution in [0.15, 0.2) is 85.1 Å². The Morgan fingerprint density at radius 3 is 2.31 bits per heavy atom. The summed E-state index contributed by atoms with van der Waals surface area (Å²) in [6, 6.07) is 25.5. The molecule has 29 heavy (non-hydrogen) atoms. The van der Waals surface area contributed by atoms with E-state index >= 15 is 0 Å². The average Bonchev–Trinajstić information content (AvgIpc) is 3.19. The van der Waals surface area contributed by atoms with Crippen LogP contribution in [0.3, 0.4) is 0 Å². The Labute approximate surface area is 170 Å². The number of hydrogen-bond donors (Lipinski definition) is 0. The number of carbonyl (C=O) groups excluding carboxylic acids is 1. The Kier molecular flexibility index (Phi) is 5.25. The second-order valence-corrected chi connectivity index (χ2v) is 6.97. The molecule has 0 saturated carbocycles. The number of ether oxygens (including phenoxy) is 1. The molecule has 0 amide bonds. The molecule has 0 aliphatic heterocycles. The third-order valence-corrected chi connectivity index (χ3v) is 5.04. The third kappa shape index (κ3) is 3.97. The van der Waals surface area contributed by atoms with E-state index in [0.29, 0.717) is 5.56 Å². The molecule has 0 fully saturated rings. The van der Waals surface area contributed by atoms with Crippen LogP contribution in [0.5, 0.6) is 0 Å². The van der Waals surface area contributed by atoms with Crippen LogP contribution in [-0.2, 0) is 11.3 Å². The number of esters is 1. The van der Waals surface area contributed by atoms with Gasteiger partial charge in [0.05, 0.1) is 16.9 Å². The standard InChI is InChI=1S/C25H22N2O2/c1-18-10-9-15-23(19(18)2)25(28)29-17-21-16-27(22-13-7-4-8-14-22)26-24(21)20-11-5-3-6-12-20/h3-16H,17H2,1-2H3. The predicted molar refractivity (Wildman–Crippen MR) is 114 cm³/mol. The van der Waals surface area contributed by atoms with E-state index < -0.39 is 0 Å². The monoisotopic (exact) mass is 382 g/mol. The highest BCUT2D eigenvalue weighted by molar-refractivity contribution is 5.91. The van der Waals surface area contributed by atoms with Gasteiger partial charge in [0, 0.05) is 17.3 Å². The molecule has 4 nitrogen and oxygen atoms in total. The molecule has 1 heterocycles. The zero-order valence-corrected chi connectivity index (χ0v) is 16.5. The summed E-state index contributed by atoms with van der Waals surface area (Å²) in [4.78, 5) is 12.7. The zero-order valence-electron chi connectivity index (χ0n) is 16.5. The van der Waals surface area contributed by atoms with Crippen LogP contribution in [0.25, 0.3) is 16.9 Å². The zero-order chi connectivity index (χ0) is 20.2. The van der Waals surface area contributed by atoms with Gasteiger partial charge in [0.15, 0.2) is 0 Å². The molecular weight excluding hydrogens is 360 g/mol. The van der Waals surface area contributed by atoms with Gasteiger partial charge in [-0.05, 0) is 43.2 Å². The van der Waals surface area contributed by atoms with Crippen LogP contribution in [-0.4, -0.2) is 15.7 Å². The SMILES string of the molecule is Cc1cccc(C(=O)OCc2cn(-c3ccccc3)nc2-c2ccccc2)c1C. The summed E-state index contributed by atoms with van der Waals surface area (Å²) < 4.78 is 7.49. The fourth-order valence-electron chi connectivity index (χ4n) is 3.26. The minimum absolute atomic E-state index is 0.156. The molecule has 144 valence electrons. The van der Waals surface area contributed by atoms with Crippen molar-refractivity contribution in [2.24, 2.45) is 0 Å². The Morgan fingerprint density at radius 1 is 0.897 bits per heavy atom. The number of rotatable bonds is 5. The first kappa shape index (κ1) is 18.7. The summed E-state index contributed by atoms with van der Waals surface area (Å²) in [5.41, 5.74) is 6.22. The number of para-hydroxylation sites is 1. The second-order valence-electron chi connectivity index (χ2n) is 6.97. The van der Waals surface area contributed by atoms with Gasteiger partial charge >= 0.3 is 5.97 Å². The lowest BCUT2D eigenvalue weighted by atomic mass is 10.0. The maximum atomic E-state index is 12.7. The Bertz CT molecular complexity index is 1130. The molecule has 1 aromatic heterocycles. The normalized spacial score (nSPS) is 10.7. The van der Waals surface area contributed by atoms with Crippen molar-refractivity contribution in [2.45, 2.75) is 20.5 Å². The molecule has 3 aromatic carbocycles. The molecule has 0 N–H and O–H groups in total. The molecule has 0 unspecified atom stereocenters. The van der Waals surface area contributed by atoms with Gasteiger partial charge in [-0.1, -0.05) is 60.7 Å². The van der Waals surface area contributed by atoms with Gasteiger partial charge in [0.2, 0.25) is 0 Å². The van der Waals surface area contributed by atoms with Crippen molar-refractivity contribution in [3.8, 4) is 16.9 Å². The van der Waals surface area contributed by atoms with E-state index in [-0.39, 0.29) is 12.6 Å². The first-order chi connectivity index (χ1) is 14.1. The number of nitrogens with zero attached hydrogens (tertiary/aromatic N) is 2. The van der Waals surface area contributed by atoms with Gasteiger partial charge in [-0.2, -0.15) is 5.10 Å². The maximum absolute atomic E-state index is 12.7. The lowest BCUT2D eigenvalue weighted by molar-refractivity contribution is 0.0472. The molecule has 0 spiro atoms. The molecular formula is C25H22N2O2. The van der Waals surface area contributed by atoms with Gasteiger partial charge in [0.25, 0.3) is 0 Å². The maximum Gasteiger partial charge on any atom is 0.338 e. The lowest BCUT2D eigenvalue weighted by Gasteiger charge is -2.09. The van der Waals surface area contributed by atoms with E-state index in [1.807, 2.05) is 97.5 Å². The van der Waals surface area contributed by atoms with Crippen LogP contribution >= 0.6 is 0 Å². The van der Waals surface area contributed by atoms with Gasteiger partial charge in [-0.25, -0.2) is 9.48 Å². The minimum Gasteiger partial charge on any atom is -0.457 e. The van der Waals surface area contributed by atoms with Crippen LogP contribution in [0, 0.1) is 13.8 Å². The Balaban J connectivity index is 1.64. The van der Waals surface area contributed by atoms with E-state index in [0.717, 1.165) is 33.6 Å². The van der Waals surface area contributed by atoms with Crippen LogP contribution in [0.4, 0.5) is 0 Å². The number of aromatic nitrogens is 2. The predicted octanol–water partition coefficient (Wildman–Crippen LogP) is 5.51. The van der Waals surface area contributed by atoms with Gasteiger partial charge < -0.3 is 4.74 Å². The molecule has 0 aliphatic carbocycles. The lowest BCUT2D eigenvalue weighted by Crippen LogP contribution is -2.08. The molecule has 4 rings (SSSR count). The Hall–Kier alpha value is -3.66. The summed E-state index contributed by atoms with van der Waals surface area (Å²) in [5.74, 6) is -0.322. The van der Waals surface area contributed by atoms with Crippen LogP contribution in [0.1, 0.15) is 27.0 Å². The summed E-state index contributed by atoms with van der Waals surface area (Å²) in [5, 5.41) is 4.76. The van der Waals surface area contributed by atoms with Crippen molar-refractivity contribution in [1.29, 1.82) is 0 Å². The highest BCUT2D eigenvalue weighted by Crippen LogP contribution is 2.25. The molecule has 0 atom stereocenters. The number of aryl methyl sites for hydroxylation is 1. The van der Waals surface area contributed by atoms with Crippen molar-refractivity contribution >= 4 is 5.97 Å². The van der Waals surface area contributed by atoms with E-state index in [9.17, 15) is 4.79 Å². The molecule has 0 bridgehead atoms. The van der Waals surface area contributed by atoms with Gasteiger partial charge in [-0.15, -0.1) is 0 Å². The van der Waals surface area contributed by atoms with Crippen molar-refractivity contribution < 1.29 is 9.53 Å².